The molecule has 1 N–H and O–H groups in total. The summed E-state index contributed by atoms with van der Waals surface area (Å²) >= 11 is 0. The number of hydrogen-bond acceptors (Lipinski definition) is 3. The molecule has 0 radical (unpaired) electrons. The Hall–Kier alpha value is -0.590. The third-order valence-corrected chi connectivity index (χ3v) is 3.65. The molecule has 106 valence electrons. The third kappa shape index (κ3) is 6.98. The van der Waals surface area contributed by atoms with Gasteiger partial charge in [-0.3, -0.25) is 5.32 Å². The fraction of sp³-hybridized carbons (Fsp3) is 0.933. The van der Waals surface area contributed by atoms with Crippen LogP contribution in [0.25, 0.3) is 0 Å². The lowest BCUT2D eigenvalue weighted by molar-refractivity contribution is 0.223. The van der Waals surface area contributed by atoms with Crippen molar-refractivity contribution in [3.63, 3.8) is 0 Å². The van der Waals surface area contributed by atoms with Crippen LogP contribution in [0.1, 0.15) is 53.9 Å². The van der Waals surface area contributed by atoms with Gasteiger partial charge >= 0.3 is 0 Å². The fourth-order valence-corrected chi connectivity index (χ4v) is 1.91. The zero-order chi connectivity index (χ0) is 14.0. The molecule has 0 aromatic carbocycles. The lowest BCUT2D eigenvalue weighted by Crippen LogP contribution is -2.44. The fourth-order valence-electron chi connectivity index (χ4n) is 1.91. The Morgan fingerprint density at radius 3 is 2.44 bits per heavy atom. The molecule has 0 spiro atoms. The van der Waals surface area contributed by atoms with Crippen molar-refractivity contribution in [2.75, 3.05) is 26.2 Å². The van der Waals surface area contributed by atoms with Gasteiger partial charge in [-0.25, -0.2) is 0 Å². The predicted octanol–water partition coefficient (Wildman–Crippen LogP) is 3.03. The van der Waals surface area contributed by atoms with Crippen molar-refractivity contribution in [2.24, 2.45) is 5.92 Å². The van der Waals surface area contributed by atoms with Crippen LogP contribution in [0.3, 0.4) is 0 Å². The van der Waals surface area contributed by atoms with E-state index in [2.05, 4.69) is 44.0 Å². The van der Waals surface area contributed by atoms with Crippen molar-refractivity contribution < 1.29 is 0 Å². The first-order chi connectivity index (χ1) is 8.51. The summed E-state index contributed by atoms with van der Waals surface area (Å²) in [6.45, 7) is 15.0. The Morgan fingerprint density at radius 1 is 1.33 bits per heavy atom. The van der Waals surface area contributed by atoms with Gasteiger partial charge in [0.1, 0.15) is 5.54 Å². The molecule has 0 saturated heterocycles. The van der Waals surface area contributed by atoms with E-state index in [0.717, 1.165) is 44.9 Å². The minimum absolute atomic E-state index is 0.376. The van der Waals surface area contributed by atoms with Crippen molar-refractivity contribution in [3.05, 3.63) is 0 Å². The maximum absolute atomic E-state index is 9.29. The van der Waals surface area contributed by atoms with E-state index >= 15 is 0 Å². The van der Waals surface area contributed by atoms with Crippen molar-refractivity contribution in [1.82, 2.24) is 10.2 Å². The van der Waals surface area contributed by atoms with E-state index in [0.29, 0.717) is 0 Å². The zero-order valence-corrected chi connectivity index (χ0v) is 12.9. The summed E-state index contributed by atoms with van der Waals surface area (Å²) in [5.41, 5.74) is -0.376. The first-order valence-electron chi connectivity index (χ1n) is 7.39. The van der Waals surface area contributed by atoms with Crippen molar-refractivity contribution in [3.8, 4) is 6.07 Å². The van der Waals surface area contributed by atoms with Gasteiger partial charge < -0.3 is 4.90 Å². The van der Waals surface area contributed by atoms with E-state index in [1.165, 1.54) is 6.42 Å². The van der Waals surface area contributed by atoms with Crippen LogP contribution in [0.4, 0.5) is 0 Å². The largest absolute Gasteiger partial charge is 0.303 e. The highest BCUT2D eigenvalue weighted by Gasteiger charge is 2.23. The summed E-state index contributed by atoms with van der Waals surface area (Å²) in [5.74, 6) is 0.738. The Kier molecular flexibility index (Phi) is 9.05. The van der Waals surface area contributed by atoms with E-state index in [9.17, 15) is 5.26 Å². The second-order valence-electron chi connectivity index (χ2n) is 5.53. The van der Waals surface area contributed by atoms with Crippen LogP contribution >= 0.6 is 0 Å². The molecule has 18 heavy (non-hydrogen) atoms. The molecule has 0 saturated carbocycles. The van der Waals surface area contributed by atoms with Crippen LogP contribution in [-0.2, 0) is 0 Å². The highest BCUT2D eigenvalue weighted by Crippen LogP contribution is 2.11. The lowest BCUT2D eigenvalue weighted by atomic mass is 9.98. The number of hydrogen-bond donors (Lipinski definition) is 1. The number of rotatable bonds is 10. The van der Waals surface area contributed by atoms with Crippen LogP contribution in [0, 0.1) is 17.2 Å². The van der Waals surface area contributed by atoms with Crippen molar-refractivity contribution in [2.45, 2.75) is 59.4 Å². The number of nitriles is 1. The molecule has 0 aliphatic heterocycles. The standard InChI is InChI=1S/C15H31N3/c1-6-10-17-15(5,13-16)9-11-18(8-3)12-14(4)7-2/h14,17H,6-12H2,1-5H3. The zero-order valence-electron chi connectivity index (χ0n) is 12.9. The molecular formula is C15H31N3. The molecule has 0 amide bonds. The average molecular weight is 253 g/mol. The van der Waals surface area contributed by atoms with Crippen LogP contribution < -0.4 is 5.32 Å². The average Bonchev–Trinajstić information content (AvgIpc) is 2.40. The molecule has 3 nitrogen and oxygen atoms in total. The monoisotopic (exact) mass is 253 g/mol. The molecule has 2 unspecified atom stereocenters. The molecule has 0 heterocycles. The first kappa shape index (κ1) is 17.4. The Bertz CT molecular complexity index is 247. The molecule has 2 atom stereocenters. The predicted molar refractivity (Wildman–Crippen MR) is 78.5 cm³/mol. The number of nitrogens with zero attached hydrogens (tertiary/aromatic N) is 2. The molecule has 0 aromatic rings. The van der Waals surface area contributed by atoms with Gasteiger partial charge in [-0.1, -0.05) is 34.1 Å². The van der Waals surface area contributed by atoms with Crippen molar-refractivity contribution >= 4 is 0 Å². The van der Waals surface area contributed by atoms with Crippen molar-refractivity contribution in [1.29, 1.82) is 5.26 Å². The molecule has 0 aromatic heterocycles. The minimum atomic E-state index is -0.376. The van der Waals surface area contributed by atoms with Gasteiger partial charge in [0.15, 0.2) is 0 Å². The van der Waals surface area contributed by atoms with Gasteiger partial charge in [0.05, 0.1) is 6.07 Å². The van der Waals surface area contributed by atoms with E-state index < -0.39 is 0 Å². The van der Waals surface area contributed by atoms with E-state index in [-0.39, 0.29) is 5.54 Å². The van der Waals surface area contributed by atoms with Gasteiger partial charge in [-0.2, -0.15) is 5.26 Å². The molecular weight excluding hydrogens is 222 g/mol. The van der Waals surface area contributed by atoms with Gasteiger partial charge in [-0.05, 0) is 38.8 Å². The smallest absolute Gasteiger partial charge is 0.105 e. The number of nitrogens with one attached hydrogen (secondary N) is 1. The van der Waals surface area contributed by atoms with E-state index in [1.807, 2.05) is 6.92 Å². The van der Waals surface area contributed by atoms with Gasteiger partial charge in [0, 0.05) is 13.1 Å². The van der Waals surface area contributed by atoms with Gasteiger partial charge in [-0.15, -0.1) is 0 Å². The highest BCUT2D eigenvalue weighted by molar-refractivity contribution is 5.03. The maximum Gasteiger partial charge on any atom is 0.105 e. The first-order valence-corrected chi connectivity index (χ1v) is 7.39. The Labute approximate surface area is 114 Å². The summed E-state index contributed by atoms with van der Waals surface area (Å²) in [7, 11) is 0. The Balaban J connectivity index is 4.19. The molecule has 0 bridgehead atoms. The molecule has 0 aliphatic carbocycles. The quantitative estimate of drug-likeness (QED) is 0.650. The summed E-state index contributed by atoms with van der Waals surface area (Å²) in [5, 5.41) is 12.6. The molecule has 0 rings (SSSR count). The second kappa shape index (κ2) is 9.35. The molecule has 0 fully saturated rings. The SMILES string of the molecule is CCCNC(C)(C#N)CCN(CC)CC(C)CC. The van der Waals surface area contributed by atoms with Crippen LogP contribution in [0.15, 0.2) is 0 Å². The Morgan fingerprint density at radius 2 is 2.00 bits per heavy atom. The molecule has 3 heteroatoms. The van der Waals surface area contributed by atoms with Crippen LogP contribution in [-0.4, -0.2) is 36.6 Å². The second-order valence-corrected chi connectivity index (χ2v) is 5.53. The van der Waals surface area contributed by atoms with Crippen LogP contribution in [0.5, 0.6) is 0 Å². The van der Waals surface area contributed by atoms with Crippen LogP contribution in [0.2, 0.25) is 0 Å². The summed E-state index contributed by atoms with van der Waals surface area (Å²) in [4.78, 5) is 2.46. The lowest BCUT2D eigenvalue weighted by Gasteiger charge is -2.29. The van der Waals surface area contributed by atoms with Gasteiger partial charge in [0.2, 0.25) is 0 Å². The topological polar surface area (TPSA) is 39.1 Å². The summed E-state index contributed by atoms with van der Waals surface area (Å²) in [6, 6.07) is 2.42. The summed E-state index contributed by atoms with van der Waals surface area (Å²) < 4.78 is 0. The third-order valence-electron chi connectivity index (χ3n) is 3.65. The minimum Gasteiger partial charge on any atom is -0.303 e. The maximum atomic E-state index is 9.29. The molecule has 0 aliphatic rings. The summed E-state index contributed by atoms with van der Waals surface area (Å²) in [6.07, 6.45) is 3.19. The van der Waals surface area contributed by atoms with Gasteiger partial charge in [0.25, 0.3) is 0 Å². The highest BCUT2D eigenvalue weighted by atomic mass is 15.1. The van der Waals surface area contributed by atoms with E-state index in [4.69, 9.17) is 0 Å². The normalized spacial score (nSPS) is 16.3. The van der Waals surface area contributed by atoms with E-state index in [1.54, 1.807) is 0 Å².